The molecule has 0 aliphatic rings. The van der Waals surface area contributed by atoms with E-state index in [9.17, 15) is 9.59 Å². The van der Waals surface area contributed by atoms with Gasteiger partial charge in [0.2, 0.25) is 0 Å². The lowest BCUT2D eigenvalue weighted by Gasteiger charge is -2.08. The number of carbonyl (C=O) groups excluding carboxylic acids is 1. The third-order valence-corrected chi connectivity index (χ3v) is 2.94. The number of ether oxygens (including phenoxy) is 1. The number of carbonyl (C=O) groups is 1. The van der Waals surface area contributed by atoms with Crippen LogP contribution in [-0.2, 0) is 29.7 Å². The summed E-state index contributed by atoms with van der Waals surface area (Å²) in [4.78, 5) is 27.1. The van der Waals surface area contributed by atoms with Gasteiger partial charge in [0.25, 0.3) is 5.56 Å². The van der Waals surface area contributed by atoms with Crippen molar-refractivity contribution in [3.8, 4) is 0 Å². The number of nitrogens with one attached hydrogen (secondary N) is 1. The standard InChI is InChI=1S/C11H13ClN6O3/c1-17-6-14-8(16-17)4-13-7-3-15-18(5-9(19)21-2)11(20)10(7)12/h3,6,13H,4-5H2,1-2H3. The predicted octanol–water partition coefficient (Wildman–Crippen LogP) is -0.190. The van der Waals surface area contributed by atoms with Gasteiger partial charge >= 0.3 is 5.97 Å². The number of hydrogen-bond acceptors (Lipinski definition) is 7. The van der Waals surface area contributed by atoms with Gasteiger partial charge in [-0.2, -0.15) is 10.2 Å². The van der Waals surface area contributed by atoms with Crippen LogP contribution in [0.25, 0.3) is 0 Å². The van der Waals surface area contributed by atoms with Crippen molar-refractivity contribution >= 4 is 23.3 Å². The molecule has 0 radical (unpaired) electrons. The lowest BCUT2D eigenvalue weighted by molar-refractivity contribution is -0.141. The van der Waals surface area contributed by atoms with E-state index in [1.165, 1.54) is 13.3 Å². The molecule has 0 aliphatic heterocycles. The molecule has 0 aromatic carbocycles. The molecule has 112 valence electrons. The summed E-state index contributed by atoms with van der Waals surface area (Å²) in [6.45, 7) is -0.000174. The Hall–Kier alpha value is -2.42. The van der Waals surface area contributed by atoms with Crippen molar-refractivity contribution in [2.24, 2.45) is 7.05 Å². The minimum Gasteiger partial charge on any atom is -0.468 e. The second-order valence-corrected chi connectivity index (χ2v) is 4.48. The first kappa shape index (κ1) is 15.0. The minimum absolute atomic E-state index is 0.0650. The van der Waals surface area contributed by atoms with Crippen LogP contribution >= 0.6 is 11.6 Å². The molecule has 9 nitrogen and oxygen atoms in total. The van der Waals surface area contributed by atoms with Gasteiger partial charge in [0.1, 0.15) is 17.9 Å². The van der Waals surface area contributed by atoms with Crippen LogP contribution in [0.15, 0.2) is 17.3 Å². The summed E-state index contributed by atoms with van der Waals surface area (Å²) in [7, 11) is 2.98. The van der Waals surface area contributed by atoms with E-state index in [2.05, 4.69) is 25.2 Å². The number of hydrogen-bond donors (Lipinski definition) is 1. The van der Waals surface area contributed by atoms with E-state index in [0.717, 1.165) is 4.68 Å². The number of methoxy groups -OCH3 is 1. The highest BCUT2D eigenvalue weighted by Crippen LogP contribution is 2.15. The Kier molecular flexibility index (Phi) is 4.53. The van der Waals surface area contributed by atoms with E-state index in [0.29, 0.717) is 18.1 Å². The topological polar surface area (TPSA) is 104 Å². The first-order valence-corrected chi connectivity index (χ1v) is 6.30. The van der Waals surface area contributed by atoms with Crippen molar-refractivity contribution in [3.63, 3.8) is 0 Å². The van der Waals surface area contributed by atoms with Gasteiger partial charge in [-0.1, -0.05) is 11.6 Å². The zero-order valence-electron chi connectivity index (χ0n) is 11.4. The summed E-state index contributed by atoms with van der Waals surface area (Å²) in [5.74, 6) is -0.0358. The summed E-state index contributed by atoms with van der Waals surface area (Å²) < 4.78 is 6.96. The normalized spacial score (nSPS) is 10.4. The molecular formula is C11H13ClN6O3. The van der Waals surface area contributed by atoms with Crippen molar-refractivity contribution in [2.75, 3.05) is 12.4 Å². The molecule has 2 aromatic rings. The number of rotatable bonds is 5. The quantitative estimate of drug-likeness (QED) is 0.763. The number of halogens is 1. The van der Waals surface area contributed by atoms with E-state index in [1.807, 2.05) is 0 Å². The smallest absolute Gasteiger partial charge is 0.327 e. The Balaban J connectivity index is 2.13. The van der Waals surface area contributed by atoms with Gasteiger partial charge < -0.3 is 10.1 Å². The number of anilines is 1. The predicted molar refractivity (Wildman–Crippen MR) is 73.9 cm³/mol. The summed E-state index contributed by atoms with van der Waals surface area (Å²) in [5.41, 5.74) is -0.240. The molecule has 21 heavy (non-hydrogen) atoms. The average molecular weight is 313 g/mol. The fourth-order valence-electron chi connectivity index (χ4n) is 1.53. The molecule has 2 rings (SSSR count). The van der Waals surface area contributed by atoms with E-state index in [4.69, 9.17) is 11.6 Å². The van der Waals surface area contributed by atoms with Gasteiger partial charge in [0.15, 0.2) is 5.82 Å². The Bertz CT molecular complexity index is 710. The molecule has 1 N–H and O–H groups in total. The number of aromatic nitrogens is 5. The van der Waals surface area contributed by atoms with Crippen LogP contribution < -0.4 is 10.9 Å². The summed E-state index contributed by atoms with van der Waals surface area (Å²) >= 11 is 5.96. The maximum Gasteiger partial charge on any atom is 0.327 e. The number of nitrogens with zero attached hydrogens (tertiary/aromatic N) is 5. The van der Waals surface area contributed by atoms with E-state index in [1.54, 1.807) is 18.1 Å². The van der Waals surface area contributed by atoms with Gasteiger partial charge in [-0.3, -0.25) is 14.3 Å². The van der Waals surface area contributed by atoms with Crippen molar-refractivity contribution < 1.29 is 9.53 Å². The molecule has 0 saturated heterocycles. The zero-order chi connectivity index (χ0) is 15.4. The molecule has 2 aromatic heterocycles. The molecule has 0 saturated carbocycles. The minimum atomic E-state index is -0.584. The van der Waals surface area contributed by atoms with Gasteiger partial charge in [-0.15, -0.1) is 0 Å². The Morgan fingerprint density at radius 3 is 2.90 bits per heavy atom. The van der Waals surface area contributed by atoms with E-state index in [-0.39, 0.29) is 11.6 Å². The van der Waals surface area contributed by atoms with E-state index >= 15 is 0 Å². The Morgan fingerprint density at radius 1 is 1.52 bits per heavy atom. The summed E-state index contributed by atoms with van der Waals surface area (Å²) in [6.07, 6.45) is 2.92. The lowest BCUT2D eigenvalue weighted by Crippen LogP contribution is -2.28. The Labute approximate surface area is 124 Å². The summed E-state index contributed by atoms with van der Waals surface area (Å²) in [6, 6.07) is 0. The molecule has 0 atom stereocenters. The molecule has 0 aliphatic carbocycles. The highest BCUT2D eigenvalue weighted by atomic mass is 35.5. The summed E-state index contributed by atoms with van der Waals surface area (Å²) in [5, 5.41) is 10.8. The molecule has 0 bridgehead atoms. The second kappa shape index (κ2) is 6.35. The van der Waals surface area contributed by atoms with Crippen LogP contribution in [0, 0.1) is 0 Å². The average Bonchev–Trinajstić information content (AvgIpc) is 2.88. The van der Waals surface area contributed by atoms with Gasteiger partial charge in [0, 0.05) is 7.05 Å². The molecule has 0 amide bonds. The highest BCUT2D eigenvalue weighted by Gasteiger charge is 2.12. The van der Waals surface area contributed by atoms with Crippen molar-refractivity contribution in [1.29, 1.82) is 0 Å². The lowest BCUT2D eigenvalue weighted by atomic mass is 10.4. The maximum atomic E-state index is 11.9. The maximum absolute atomic E-state index is 11.9. The molecule has 0 unspecified atom stereocenters. The molecule has 10 heteroatoms. The van der Waals surface area contributed by atoms with Gasteiger partial charge in [0.05, 0.1) is 25.5 Å². The fourth-order valence-corrected chi connectivity index (χ4v) is 1.74. The molecule has 2 heterocycles. The van der Waals surface area contributed by atoms with Crippen molar-refractivity contribution in [2.45, 2.75) is 13.1 Å². The third kappa shape index (κ3) is 3.57. The highest BCUT2D eigenvalue weighted by molar-refractivity contribution is 6.32. The van der Waals surface area contributed by atoms with Crippen LogP contribution in [-0.4, -0.2) is 37.6 Å². The first-order valence-electron chi connectivity index (χ1n) is 5.92. The largest absolute Gasteiger partial charge is 0.468 e. The van der Waals surface area contributed by atoms with Crippen LogP contribution in [0.1, 0.15) is 5.82 Å². The molecule has 0 fully saturated rings. The zero-order valence-corrected chi connectivity index (χ0v) is 12.2. The van der Waals surface area contributed by atoms with Crippen LogP contribution in [0.4, 0.5) is 5.69 Å². The number of esters is 1. The SMILES string of the molecule is COC(=O)Cn1ncc(NCc2ncn(C)n2)c(Cl)c1=O. The third-order valence-electron chi connectivity index (χ3n) is 2.58. The van der Waals surface area contributed by atoms with Crippen molar-refractivity contribution in [1.82, 2.24) is 24.5 Å². The molecular weight excluding hydrogens is 300 g/mol. The van der Waals surface area contributed by atoms with E-state index < -0.39 is 11.5 Å². The number of aryl methyl sites for hydroxylation is 1. The second-order valence-electron chi connectivity index (χ2n) is 4.10. The molecule has 0 spiro atoms. The van der Waals surface area contributed by atoms with Crippen LogP contribution in [0.3, 0.4) is 0 Å². The monoisotopic (exact) mass is 312 g/mol. The Morgan fingerprint density at radius 2 is 2.29 bits per heavy atom. The first-order chi connectivity index (χ1) is 10.0. The van der Waals surface area contributed by atoms with Gasteiger partial charge in [-0.05, 0) is 0 Å². The van der Waals surface area contributed by atoms with Gasteiger partial charge in [-0.25, -0.2) is 9.67 Å². The van der Waals surface area contributed by atoms with Crippen LogP contribution in [0.5, 0.6) is 0 Å². The van der Waals surface area contributed by atoms with Crippen LogP contribution in [0.2, 0.25) is 5.02 Å². The van der Waals surface area contributed by atoms with Crippen molar-refractivity contribution in [3.05, 3.63) is 33.7 Å². The fraction of sp³-hybridized carbons (Fsp3) is 0.364.